The van der Waals surface area contributed by atoms with Crippen LogP contribution in [0.2, 0.25) is 0 Å². The molecule has 2 N–H and O–H groups in total. The Bertz CT molecular complexity index is 168. The van der Waals surface area contributed by atoms with Crippen LogP contribution < -0.4 is 10.3 Å². The zero-order chi connectivity index (χ0) is 5.98. The van der Waals surface area contributed by atoms with Crippen LogP contribution in [0.1, 0.15) is 0 Å². The van der Waals surface area contributed by atoms with Crippen LogP contribution in [0, 0.1) is 0 Å². The SMILES string of the molecule is C[n+]1ccnc(N)c1. The van der Waals surface area contributed by atoms with Crippen molar-refractivity contribution in [2.75, 3.05) is 5.73 Å². The van der Waals surface area contributed by atoms with Gasteiger partial charge in [-0.1, -0.05) is 0 Å². The van der Waals surface area contributed by atoms with E-state index in [1.165, 1.54) is 0 Å². The van der Waals surface area contributed by atoms with Crippen LogP contribution in [0.4, 0.5) is 5.82 Å². The van der Waals surface area contributed by atoms with Gasteiger partial charge in [0, 0.05) is 0 Å². The Hall–Kier alpha value is -1.12. The summed E-state index contributed by atoms with van der Waals surface area (Å²) in [6.45, 7) is 0. The van der Waals surface area contributed by atoms with Gasteiger partial charge < -0.3 is 5.73 Å². The Labute approximate surface area is 47.8 Å². The zero-order valence-electron chi connectivity index (χ0n) is 4.70. The predicted molar refractivity (Wildman–Crippen MR) is 29.8 cm³/mol. The fourth-order valence-electron chi connectivity index (χ4n) is 0.510. The molecule has 0 unspecified atom stereocenters. The molecule has 42 valence electrons. The third-order valence-electron chi connectivity index (χ3n) is 0.861. The van der Waals surface area contributed by atoms with Gasteiger partial charge in [0.15, 0.2) is 12.0 Å². The van der Waals surface area contributed by atoms with Gasteiger partial charge >= 0.3 is 0 Å². The number of nitrogen functional groups attached to an aromatic ring is 1. The number of rotatable bonds is 0. The molecule has 8 heavy (non-hydrogen) atoms. The maximum atomic E-state index is 5.33. The van der Waals surface area contributed by atoms with Crippen molar-refractivity contribution in [3.05, 3.63) is 18.6 Å². The Morgan fingerprint density at radius 3 is 2.88 bits per heavy atom. The topological polar surface area (TPSA) is 42.8 Å². The monoisotopic (exact) mass is 110 g/mol. The molecule has 0 amide bonds. The predicted octanol–water partition coefficient (Wildman–Crippen LogP) is -0.512. The molecule has 0 aliphatic carbocycles. The van der Waals surface area contributed by atoms with E-state index in [0.29, 0.717) is 5.82 Å². The lowest BCUT2D eigenvalue weighted by Crippen LogP contribution is -2.27. The maximum Gasteiger partial charge on any atom is 0.211 e. The summed E-state index contributed by atoms with van der Waals surface area (Å²) in [6, 6.07) is 0. The molecule has 0 bridgehead atoms. The van der Waals surface area contributed by atoms with Crippen LogP contribution in [0.3, 0.4) is 0 Å². The van der Waals surface area contributed by atoms with E-state index >= 15 is 0 Å². The number of nitrogens with two attached hydrogens (primary N) is 1. The molecule has 0 radical (unpaired) electrons. The molecule has 1 aromatic heterocycles. The second-order valence-corrected chi connectivity index (χ2v) is 1.65. The third kappa shape index (κ3) is 0.932. The van der Waals surface area contributed by atoms with Crippen LogP contribution >= 0.6 is 0 Å². The molecule has 1 rings (SSSR count). The van der Waals surface area contributed by atoms with Crippen molar-refractivity contribution in [1.82, 2.24) is 4.98 Å². The van der Waals surface area contributed by atoms with E-state index in [0.717, 1.165) is 0 Å². The largest absolute Gasteiger partial charge is 0.379 e. The van der Waals surface area contributed by atoms with Gasteiger partial charge in [0.1, 0.15) is 7.05 Å². The number of hydrogen-bond acceptors (Lipinski definition) is 2. The van der Waals surface area contributed by atoms with E-state index in [9.17, 15) is 0 Å². The summed E-state index contributed by atoms with van der Waals surface area (Å²) in [5.41, 5.74) is 5.33. The van der Waals surface area contributed by atoms with Crippen molar-refractivity contribution in [2.45, 2.75) is 0 Å². The second kappa shape index (κ2) is 1.78. The highest BCUT2D eigenvalue weighted by atomic mass is 15.0. The minimum absolute atomic E-state index is 0.551. The van der Waals surface area contributed by atoms with Crippen molar-refractivity contribution in [2.24, 2.45) is 7.05 Å². The van der Waals surface area contributed by atoms with E-state index in [-0.39, 0.29) is 0 Å². The summed E-state index contributed by atoms with van der Waals surface area (Å²) in [4.78, 5) is 3.80. The summed E-state index contributed by atoms with van der Waals surface area (Å²) >= 11 is 0. The number of anilines is 1. The van der Waals surface area contributed by atoms with Gasteiger partial charge in [-0.3, -0.25) is 0 Å². The van der Waals surface area contributed by atoms with Gasteiger partial charge in [0.2, 0.25) is 6.20 Å². The fourth-order valence-corrected chi connectivity index (χ4v) is 0.510. The van der Waals surface area contributed by atoms with Crippen molar-refractivity contribution >= 4 is 5.82 Å². The Morgan fingerprint density at radius 2 is 2.50 bits per heavy atom. The summed E-state index contributed by atoms with van der Waals surface area (Å²) < 4.78 is 1.85. The highest BCUT2D eigenvalue weighted by Gasteiger charge is 1.89. The van der Waals surface area contributed by atoms with E-state index < -0.39 is 0 Å². The molecule has 0 spiro atoms. The van der Waals surface area contributed by atoms with Gasteiger partial charge in [-0.15, -0.1) is 0 Å². The Kier molecular flexibility index (Phi) is 1.12. The molecule has 3 heteroatoms. The average Bonchev–Trinajstić information content (AvgIpc) is 1.64. The first kappa shape index (κ1) is 5.03. The molecule has 0 aromatic carbocycles. The molecule has 0 atom stereocenters. The molecular formula is C5H8N3+. The maximum absolute atomic E-state index is 5.33. The first-order valence-corrected chi connectivity index (χ1v) is 2.36. The molecule has 1 aromatic rings. The number of aryl methyl sites for hydroxylation is 1. The normalized spacial score (nSPS) is 9.12. The Morgan fingerprint density at radius 1 is 1.75 bits per heavy atom. The summed E-state index contributed by atoms with van der Waals surface area (Å²) in [5, 5.41) is 0. The van der Waals surface area contributed by atoms with Crippen LogP contribution in [-0.4, -0.2) is 4.98 Å². The van der Waals surface area contributed by atoms with Crippen molar-refractivity contribution < 1.29 is 4.57 Å². The van der Waals surface area contributed by atoms with E-state index in [1.54, 1.807) is 12.4 Å². The van der Waals surface area contributed by atoms with Gasteiger partial charge in [0.05, 0.1) is 6.20 Å². The van der Waals surface area contributed by atoms with E-state index in [4.69, 9.17) is 5.73 Å². The minimum atomic E-state index is 0.551. The minimum Gasteiger partial charge on any atom is -0.379 e. The van der Waals surface area contributed by atoms with Crippen molar-refractivity contribution in [3.8, 4) is 0 Å². The van der Waals surface area contributed by atoms with Crippen LogP contribution in [-0.2, 0) is 7.05 Å². The van der Waals surface area contributed by atoms with Crippen LogP contribution in [0.5, 0.6) is 0 Å². The van der Waals surface area contributed by atoms with Crippen LogP contribution in [0.25, 0.3) is 0 Å². The zero-order valence-corrected chi connectivity index (χ0v) is 4.70. The van der Waals surface area contributed by atoms with Crippen molar-refractivity contribution in [1.29, 1.82) is 0 Å². The quantitative estimate of drug-likeness (QED) is 0.457. The summed E-state index contributed by atoms with van der Waals surface area (Å²) in [6.07, 6.45) is 5.24. The molecule has 3 nitrogen and oxygen atoms in total. The molecular weight excluding hydrogens is 102 g/mol. The van der Waals surface area contributed by atoms with Crippen LogP contribution in [0.15, 0.2) is 18.6 Å². The molecule has 0 saturated carbocycles. The summed E-state index contributed by atoms with van der Waals surface area (Å²) in [5.74, 6) is 0.551. The average molecular weight is 110 g/mol. The number of aromatic nitrogens is 2. The van der Waals surface area contributed by atoms with Gasteiger partial charge in [-0.25, -0.2) is 9.55 Å². The highest BCUT2D eigenvalue weighted by molar-refractivity contribution is 5.17. The third-order valence-corrected chi connectivity index (χ3v) is 0.861. The van der Waals surface area contributed by atoms with Gasteiger partial charge in [-0.05, 0) is 0 Å². The van der Waals surface area contributed by atoms with Gasteiger partial charge in [0.25, 0.3) is 0 Å². The first-order chi connectivity index (χ1) is 3.79. The second-order valence-electron chi connectivity index (χ2n) is 1.65. The lowest BCUT2D eigenvalue weighted by atomic mass is 10.7. The Balaban J connectivity index is 3.08. The summed E-state index contributed by atoms with van der Waals surface area (Å²) in [7, 11) is 1.90. The lowest BCUT2D eigenvalue weighted by Gasteiger charge is -1.85. The standard InChI is InChI=1S/C5H8N3/c1-8-3-2-7-5(6)4-8/h2-4H,1H3,(H2,6,7)/q+1. The highest BCUT2D eigenvalue weighted by Crippen LogP contribution is 1.82. The smallest absolute Gasteiger partial charge is 0.211 e. The van der Waals surface area contributed by atoms with E-state index in [2.05, 4.69) is 4.98 Å². The molecule has 0 aliphatic heterocycles. The molecule has 1 heterocycles. The molecule has 0 aliphatic rings. The van der Waals surface area contributed by atoms with Gasteiger partial charge in [-0.2, -0.15) is 0 Å². The molecule has 0 fully saturated rings. The number of hydrogen-bond donors (Lipinski definition) is 1. The fraction of sp³-hybridized carbons (Fsp3) is 0.200. The lowest BCUT2D eigenvalue weighted by molar-refractivity contribution is -0.671. The van der Waals surface area contributed by atoms with E-state index in [1.807, 2.05) is 17.8 Å². The van der Waals surface area contributed by atoms with Crippen molar-refractivity contribution in [3.63, 3.8) is 0 Å². The first-order valence-electron chi connectivity index (χ1n) is 2.36. The number of nitrogens with zero attached hydrogens (tertiary/aromatic N) is 2. The molecule has 0 saturated heterocycles.